The van der Waals surface area contributed by atoms with Gasteiger partial charge in [0.05, 0.1) is 0 Å². The zero-order chi connectivity index (χ0) is 18.3. The first kappa shape index (κ1) is 16.8. The van der Waals surface area contributed by atoms with Gasteiger partial charge in [0.2, 0.25) is 6.79 Å². The van der Waals surface area contributed by atoms with Crippen molar-refractivity contribution >= 4 is 44.1 Å². The standard InChI is InChI=1S/C14H10BrN5O5S/c15-6-2-9-8(23-4-24-9)1-5(6)11(21)13(22)18-14-17-7(3-26-14)10-12(16)20-25-19-10/h1-3,11,21H,4H2,(H2,16,20)(H,17,18,22). The lowest BCUT2D eigenvalue weighted by atomic mass is 10.1. The van der Waals surface area contributed by atoms with Crippen LogP contribution in [-0.2, 0) is 4.79 Å². The number of carbonyl (C=O) groups is 1. The van der Waals surface area contributed by atoms with Gasteiger partial charge >= 0.3 is 0 Å². The number of aromatic nitrogens is 3. The van der Waals surface area contributed by atoms with Crippen LogP contribution in [0.3, 0.4) is 0 Å². The SMILES string of the molecule is Nc1nonc1-c1csc(NC(=O)C(O)c2cc3c(cc2Br)OCO3)n1. The number of nitrogen functional groups attached to an aromatic ring is 1. The third kappa shape index (κ3) is 2.98. The number of anilines is 2. The topological polar surface area (TPSA) is 146 Å². The summed E-state index contributed by atoms with van der Waals surface area (Å²) in [6, 6.07) is 3.18. The number of carbonyl (C=O) groups excluding carboxylic acids is 1. The summed E-state index contributed by atoms with van der Waals surface area (Å²) in [5, 5.41) is 21.9. The zero-order valence-electron chi connectivity index (χ0n) is 12.8. The van der Waals surface area contributed by atoms with Crippen LogP contribution in [0.15, 0.2) is 26.6 Å². The molecule has 134 valence electrons. The number of amides is 1. The molecule has 1 aromatic carbocycles. The minimum absolute atomic E-state index is 0.0927. The molecule has 0 spiro atoms. The van der Waals surface area contributed by atoms with E-state index in [0.717, 1.165) is 11.3 Å². The van der Waals surface area contributed by atoms with Crippen LogP contribution in [0.5, 0.6) is 11.5 Å². The van der Waals surface area contributed by atoms with Crippen LogP contribution >= 0.6 is 27.3 Å². The van der Waals surface area contributed by atoms with Crippen molar-refractivity contribution in [1.82, 2.24) is 15.3 Å². The van der Waals surface area contributed by atoms with Crippen LogP contribution in [0, 0.1) is 0 Å². The number of aliphatic hydroxyl groups excluding tert-OH is 1. The largest absolute Gasteiger partial charge is 0.454 e. The molecule has 0 radical (unpaired) electrons. The van der Waals surface area contributed by atoms with Gasteiger partial charge in [0.15, 0.2) is 34.2 Å². The molecule has 4 rings (SSSR count). The molecule has 1 atom stereocenters. The highest BCUT2D eigenvalue weighted by Crippen LogP contribution is 2.39. The molecule has 2 aromatic heterocycles. The van der Waals surface area contributed by atoms with Gasteiger partial charge in [-0.3, -0.25) is 10.1 Å². The van der Waals surface area contributed by atoms with Crippen LogP contribution in [0.25, 0.3) is 11.4 Å². The van der Waals surface area contributed by atoms with Gasteiger partial charge in [0, 0.05) is 15.4 Å². The number of benzene rings is 1. The Morgan fingerprint density at radius 2 is 2.12 bits per heavy atom. The van der Waals surface area contributed by atoms with Gasteiger partial charge in [-0.2, -0.15) is 0 Å². The van der Waals surface area contributed by atoms with Gasteiger partial charge in [0.1, 0.15) is 5.69 Å². The molecule has 1 aliphatic rings. The van der Waals surface area contributed by atoms with Crippen molar-refractivity contribution < 1.29 is 24.0 Å². The molecule has 10 nitrogen and oxygen atoms in total. The predicted octanol–water partition coefficient (Wildman–Crippen LogP) is 1.94. The van der Waals surface area contributed by atoms with Crippen LogP contribution in [0.2, 0.25) is 0 Å². The molecule has 0 aliphatic carbocycles. The number of ether oxygens (including phenoxy) is 2. The lowest BCUT2D eigenvalue weighted by Crippen LogP contribution is -2.21. The fourth-order valence-corrected chi connectivity index (χ4v) is 3.51. The molecular formula is C14H10BrN5O5S. The van der Waals surface area contributed by atoms with Crippen molar-refractivity contribution in [3.8, 4) is 22.9 Å². The lowest BCUT2D eigenvalue weighted by molar-refractivity contribution is -0.124. The van der Waals surface area contributed by atoms with Crippen LogP contribution < -0.4 is 20.5 Å². The second-order valence-electron chi connectivity index (χ2n) is 5.15. The fraction of sp³-hybridized carbons (Fsp3) is 0.143. The van der Waals surface area contributed by atoms with E-state index in [9.17, 15) is 9.90 Å². The summed E-state index contributed by atoms with van der Waals surface area (Å²) in [7, 11) is 0. The molecule has 1 amide bonds. The summed E-state index contributed by atoms with van der Waals surface area (Å²) in [5.74, 6) is 0.436. The minimum atomic E-state index is -1.44. The van der Waals surface area contributed by atoms with E-state index in [0.29, 0.717) is 27.2 Å². The van der Waals surface area contributed by atoms with Crippen molar-refractivity contribution in [3.05, 3.63) is 27.5 Å². The quantitative estimate of drug-likeness (QED) is 0.554. The van der Waals surface area contributed by atoms with Crippen molar-refractivity contribution in [1.29, 1.82) is 0 Å². The maximum Gasteiger partial charge on any atom is 0.259 e. The zero-order valence-corrected chi connectivity index (χ0v) is 15.2. The van der Waals surface area contributed by atoms with Gasteiger partial charge in [-0.15, -0.1) is 11.3 Å². The molecule has 0 bridgehead atoms. The average Bonchev–Trinajstić information content (AvgIpc) is 3.34. The fourth-order valence-electron chi connectivity index (χ4n) is 2.27. The first-order chi connectivity index (χ1) is 12.5. The Labute approximate surface area is 158 Å². The Kier molecular flexibility index (Phi) is 4.22. The molecular weight excluding hydrogens is 430 g/mol. The molecule has 0 saturated heterocycles. The van der Waals surface area contributed by atoms with Gasteiger partial charge in [0.25, 0.3) is 5.91 Å². The highest BCUT2D eigenvalue weighted by atomic mass is 79.9. The minimum Gasteiger partial charge on any atom is -0.454 e. The van der Waals surface area contributed by atoms with E-state index in [-0.39, 0.29) is 23.4 Å². The third-order valence-electron chi connectivity index (χ3n) is 3.53. The van der Waals surface area contributed by atoms with E-state index in [1.165, 1.54) is 0 Å². The van der Waals surface area contributed by atoms with E-state index in [4.69, 9.17) is 15.2 Å². The molecule has 3 aromatic rings. The molecule has 3 heterocycles. The number of thiazole rings is 1. The summed E-state index contributed by atoms with van der Waals surface area (Å²) < 4.78 is 15.6. The molecule has 1 aliphatic heterocycles. The van der Waals surface area contributed by atoms with Crippen LogP contribution in [0.4, 0.5) is 10.9 Å². The summed E-state index contributed by atoms with van der Waals surface area (Å²) in [4.78, 5) is 16.6. The van der Waals surface area contributed by atoms with Crippen molar-refractivity contribution in [2.24, 2.45) is 0 Å². The Morgan fingerprint density at radius 1 is 1.35 bits per heavy atom. The molecule has 4 N–H and O–H groups in total. The van der Waals surface area contributed by atoms with Crippen molar-refractivity contribution in [2.75, 3.05) is 17.8 Å². The van der Waals surface area contributed by atoms with E-state index >= 15 is 0 Å². The maximum absolute atomic E-state index is 12.4. The lowest BCUT2D eigenvalue weighted by Gasteiger charge is -2.12. The number of fused-ring (bicyclic) bond motifs is 1. The average molecular weight is 440 g/mol. The Balaban J connectivity index is 1.52. The van der Waals surface area contributed by atoms with Crippen LogP contribution in [0.1, 0.15) is 11.7 Å². The number of rotatable bonds is 4. The van der Waals surface area contributed by atoms with Gasteiger partial charge in [-0.25, -0.2) is 9.61 Å². The third-order valence-corrected chi connectivity index (χ3v) is 4.97. The highest BCUT2D eigenvalue weighted by molar-refractivity contribution is 9.10. The number of nitrogens with zero attached hydrogens (tertiary/aromatic N) is 3. The molecule has 1 unspecified atom stereocenters. The number of hydrogen-bond donors (Lipinski definition) is 3. The monoisotopic (exact) mass is 439 g/mol. The van der Waals surface area contributed by atoms with Gasteiger partial charge < -0.3 is 20.3 Å². The van der Waals surface area contributed by atoms with E-state index in [1.807, 2.05) is 0 Å². The summed E-state index contributed by atoms with van der Waals surface area (Å²) >= 11 is 4.46. The normalized spacial score (nSPS) is 13.6. The molecule has 0 fully saturated rings. The predicted molar refractivity (Wildman–Crippen MR) is 93.7 cm³/mol. The van der Waals surface area contributed by atoms with Gasteiger partial charge in [-0.05, 0) is 22.4 Å². The maximum atomic E-state index is 12.4. The van der Waals surface area contributed by atoms with Gasteiger partial charge in [-0.1, -0.05) is 15.9 Å². The Bertz CT molecular complexity index is 990. The number of halogens is 1. The Morgan fingerprint density at radius 3 is 2.85 bits per heavy atom. The second-order valence-corrected chi connectivity index (χ2v) is 6.87. The molecule has 26 heavy (non-hydrogen) atoms. The van der Waals surface area contributed by atoms with Crippen molar-refractivity contribution in [2.45, 2.75) is 6.10 Å². The number of nitrogens with one attached hydrogen (secondary N) is 1. The van der Waals surface area contributed by atoms with E-state index in [2.05, 4.69) is 41.2 Å². The number of hydrogen-bond acceptors (Lipinski definition) is 10. The molecule has 12 heteroatoms. The Hall–Kier alpha value is -2.70. The summed E-state index contributed by atoms with van der Waals surface area (Å²) in [5.41, 5.74) is 6.64. The summed E-state index contributed by atoms with van der Waals surface area (Å²) in [6.07, 6.45) is -1.44. The second kappa shape index (κ2) is 6.55. The highest BCUT2D eigenvalue weighted by Gasteiger charge is 2.25. The smallest absolute Gasteiger partial charge is 0.259 e. The summed E-state index contributed by atoms with van der Waals surface area (Å²) in [6.45, 7) is 0.0927. The number of aliphatic hydroxyl groups is 1. The number of nitrogens with two attached hydrogens (primary N) is 1. The first-order valence-corrected chi connectivity index (χ1v) is 8.82. The van der Waals surface area contributed by atoms with E-state index < -0.39 is 12.0 Å². The van der Waals surface area contributed by atoms with Crippen LogP contribution in [-0.4, -0.2) is 33.1 Å². The molecule has 0 saturated carbocycles. The van der Waals surface area contributed by atoms with Crippen molar-refractivity contribution in [3.63, 3.8) is 0 Å². The first-order valence-electron chi connectivity index (χ1n) is 7.15. The van der Waals surface area contributed by atoms with E-state index in [1.54, 1.807) is 17.5 Å².